The number of guanidine groups is 1. The largest absolute Gasteiger partial charge is 0.444 e. The van der Waals surface area contributed by atoms with Gasteiger partial charge in [-0.25, -0.2) is 4.98 Å². The Hall–Kier alpha value is -1.61. The van der Waals surface area contributed by atoms with Crippen LogP contribution in [0.4, 0.5) is 0 Å². The first kappa shape index (κ1) is 23.7. The van der Waals surface area contributed by atoms with Gasteiger partial charge < -0.3 is 20.0 Å². The van der Waals surface area contributed by atoms with Crippen molar-refractivity contribution < 1.29 is 4.42 Å². The predicted octanol–water partition coefficient (Wildman–Crippen LogP) is 4.20. The molecular formula is C22H34IN5O. The lowest BCUT2D eigenvalue weighted by molar-refractivity contribution is 0.194. The zero-order valence-corrected chi connectivity index (χ0v) is 20.1. The van der Waals surface area contributed by atoms with Crippen LogP contribution >= 0.6 is 24.0 Å². The predicted molar refractivity (Wildman–Crippen MR) is 130 cm³/mol. The summed E-state index contributed by atoms with van der Waals surface area (Å²) in [6.45, 7) is 4.54. The second-order valence-corrected chi connectivity index (χ2v) is 7.64. The summed E-state index contributed by atoms with van der Waals surface area (Å²) >= 11 is 0. The highest BCUT2D eigenvalue weighted by Crippen LogP contribution is 2.21. The van der Waals surface area contributed by atoms with Crippen molar-refractivity contribution in [1.29, 1.82) is 0 Å². The molecule has 1 heterocycles. The van der Waals surface area contributed by atoms with Crippen molar-refractivity contribution in [2.45, 2.75) is 51.6 Å². The number of rotatable bonds is 7. The quantitative estimate of drug-likeness (QED) is 0.332. The number of nitrogens with one attached hydrogen (secondary N) is 2. The monoisotopic (exact) mass is 511 g/mol. The summed E-state index contributed by atoms with van der Waals surface area (Å²) < 4.78 is 5.62. The highest BCUT2D eigenvalue weighted by Gasteiger charge is 2.17. The molecule has 0 aliphatic heterocycles. The van der Waals surface area contributed by atoms with Crippen molar-refractivity contribution in [3.8, 4) is 11.5 Å². The van der Waals surface area contributed by atoms with E-state index < -0.39 is 0 Å². The summed E-state index contributed by atoms with van der Waals surface area (Å²) in [5.74, 6) is 1.44. The average molecular weight is 511 g/mol. The molecule has 0 radical (unpaired) electrons. The van der Waals surface area contributed by atoms with Crippen LogP contribution in [0.15, 0.2) is 39.9 Å². The van der Waals surface area contributed by atoms with Gasteiger partial charge in [-0.3, -0.25) is 4.99 Å². The summed E-state index contributed by atoms with van der Waals surface area (Å²) in [5, 5.41) is 6.70. The number of nitrogens with zero attached hydrogens (tertiary/aromatic N) is 3. The minimum Gasteiger partial charge on any atom is -0.444 e. The number of benzene rings is 1. The average Bonchev–Trinajstić information content (AvgIpc) is 3.20. The number of aryl methyl sites for hydroxylation is 1. The molecule has 0 saturated heterocycles. The molecular weight excluding hydrogens is 477 g/mol. The van der Waals surface area contributed by atoms with Gasteiger partial charge in [0.1, 0.15) is 6.26 Å². The topological polar surface area (TPSA) is 65.7 Å². The minimum atomic E-state index is 0. The number of hydrogen-bond donors (Lipinski definition) is 2. The Kier molecular flexibility index (Phi) is 9.93. The number of likely N-dealkylation sites (N-methyl/N-ethyl adjacent to an activating group) is 1. The zero-order chi connectivity index (χ0) is 19.8. The van der Waals surface area contributed by atoms with Gasteiger partial charge in [0.25, 0.3) is 0 Å². The third kappa shape index (κ3) is 7.29. The molecule has 2 N–H and O–H groups in total. The molecule has 2 aromatic rings. The molecule has 0 bridgehead atoms. The fourth-order valence-corrected chi connectivity index (χ4v) is 3.67. The maximum atomic E-state index is 5.62. The van der Waals surface area contributed by atoms with Gasteiger partial charge in [-0.05, 0) is 38.9 Å². The van der Waals surface area contributed by atoms with Crippen LogP contribution in [0.2, 0.25) is 0 Å². The van der Waals surface area contributed by atoms with E-state index in [1.807, 2.05) is 12.1 Å². The normalized spacial score (nSPS) is 15.2. The van der Waals surface area contributed by atoms with Crippen LogP contribution in [0.25, 0.3) is 11.5 Å². The molecule has 160 valence electrons. The van der Waals surface area contributed by atoms with Gasteiger partial charge in [0.05, 0.1) is 12.2 Å². The van der Waals surface area contributed by atoms with E-state index in [1.165, 1.54) is 37.7 Å². The Bertz CT molecular complexity index is 753. The summed E-state index contributed by atoms with van der Waals surface area (Å²) in [6, 6.07) is 8.92. The third-order valence-corrected chi connectivity index (χ3v) is 5.47. The zero-order valence-electron chi connectivity index (χ0n) is 17.8. The minimum absolute atomic E-state index is 0. The standard InChI is InChI=1S/C22H33N5O.HI/c1-17-9-11-18(12-10-17)21-26-19(16-28-21)15-25-22(23-2)24-13-14-27(3)20-7-5-4-6-8-20;/h9-12,16,20H,4-8,13-15H2,1-3H3,(H2,23,24,25);1H. The number of aliphatic imine (C=N–C) groups is 1. The van der Waals surface area contributed by atoms with Gasteiger partial charge >= 0.3 is 0 Å². The maximum Gasteiger partial charge on any atom is 0.226 e. The third-order valence-electron chi connectivity index (χ3n) is 5.47. The summed E-state index contributed by atoms with van der Waals surface area (Å²) in [5.41, 5.74) is 3.07. The van der Waals surface area contributed by atoms with Crippen LogP contribution in [0.5, 0.6) is 0 Å². The first-order valence-electron chi connectivity index (χ1n) is 10.3. The molecule has 29 heavy (non-hydrogen) atoms. The van der Waals surface area contributed by atoms with Crippen LogP contribution in [-0.4, -0.2) is 49.1 Å². The molecule has 1 aromatic heterocycles. The first-order chi connectivity index (χ1) is 13.7. The lowest BCUT2D eigenvalue weighted by Gasteiger charge is -2.31. The summed E-state index contributed by atoms with van der Waals surface area (Å²) in [4.78, 5) is 11.3. The smallest absolute Gasteiger partial charge is 0.226 e. The summed E-state index contributed by atoms with van der Waals surface area (Å²) in [6.07, 6.45) is 8.50. The van der Waals surface area contributed by atoms with E-state index in [0.29, 0.717) is 12.4 Å². The van der Waals surface area contributed by atoms with E-state index in [4.69, 9.17) is 4.42 Å². The molecule has 0 atom stereocenters. The van der Waals surface area contributed by atoms with Crippen LogP contribution in [0, 0.1) is 6.92 Å². The Balaban J connectivity index is 0.00000300. The van der Waals surface area contributed by atoms with Crippen LogP contribution in [0.3, 0.4) is 0 Å². The van der Waals surface area contributed by atoms with Crippen molar-refractivity contribution in [3.63, 3.8) is 0 Å². The molecule has 6 nitrogen and oxygen atoms in total. The SMILES string of the molecule is CN=C(NCCN(C)C1CCCCC1)NCc1coc(-c2ccc(C)cc2)n1.I. The Morgan fingerprint density at radius 1 is 1.17 bits per heavy atom. The Morgan fingerprint density at radius 3 is 2.59 bits per heavy atom. The highest BCUT2D eigenvalue weighted by molar-refractivity contribution is 14.0. The molecule has 1 aliphatic carbocycles. The van der Waals surface area contributed by atoms with E-state index in [-0.39, 0.29) is 24.0 Å². The lowest BCUT2D eigenvalue weighted by Crippen LogP contribution is -2.43. The Labute approximate surface area is 191 Å². The molecule has 1 aliphatic rings. The number of aromatic nitrogens is 1. The first-order valence-corrected chi connectivity index (χ1v) is 10.3. The molecule has 1 aromatic carbocycles. The number of halogens is 1. The van der Waals surface area contributed by atoms with Crippen molar-refractivity contribution in [2.24, 2.45) is 4.99 Å². The molecule has 1 fully saturated rings. The van der Waals surface area contributed by atoms with Gasteiger partial charge in [-0.15, -0.1) is 24.0 Å². The van der Waals surface area contributed by atoms with Gasteiger partial charge in [-0.2, -0.15) is 0 Å². The molecule has 3 rings (SSSR count). The molecule has 0 unspecified atom stereocenters. The highest BCUT2D eigenvalue weighted by atomic mass is 127. The molecule has 0 spiro atoms. The molecule has 1 saturated carbocycles. The second-order valence-electron chi connectivity index (χ2n) is 7.64. The van der Waals surface area contributed by atoms with E-state index in [9.17, 15) is 0 Å². The van der Waals surface area contributed by atoms with Gasteiger partial charge in [0.15, 0.2) is 5.96 Å². The van der Waals surface area contributed by atoms with Gasteiger partial charge in [0, 0.05) is 31.7 Å². The fourth-order valence-electron chi connectivity index (χ4n) is 3.67. The van der Waals surface area contributed by atoms with E-state index >= 15 is 0 Å². The second kappa shape index (κ2) is 12.2. The number of oxazole rings is 1. The van der Waals surface area contributed by atoms with E-state index in [0.717, 1.165) is 36.3 Å². The van der Waals surface area contributed by atoms with Gasteiger partial charge in [-0.1, -0.05) is 37.0 Å². The molecule has 0 amide bonds. The van der Waals surface area contributed by atoms with Gasteiger partial charge in [0.2, 0.25) is 5.89 Å². The maximum absolute atomic E-state index is 5.62. The number of hydrogen-bond acceptors (Lipinski definition) is 4. The van der Waals surface area contributed by atoms with Crippen molar-refractivity contribution in [1.82, 2.24) is 20.5 Å². The van der Waals surface area contributed by atoms with Crippen LogP contribution in [-0.2, 0) is 6.54 Å². The van der Waals surface area contributed by atoms with E-state index in [1.54, 1.807) is 13.3 Å². The van der Waals surface area contributed by atoms with Crippen molar-refractivity contribution >= 4 is 29.9 Å². The van der Waals surface area contributed by atoms with E-state index in [2.05, 4.69) is 51.6 Å². The fraction of sp³-hybridized carbons (Fsp3) is 0.545. The van der Waals surface area contributed by atoms with Crippen LogP contribution < -0.4 is 10.6 Å². The summed E-state index contributed by atoms with van der Waals surface area (Å²) in [7, 11) is 4.02. The van der Waals surface area contributed by atoms with Crippen LogP contribution in [0.1, 0.15) is 43.4 Å². The lowest BCUT2D eigenvalue weighted by atomic mass is 9.94. The molecule has 7 heteroatoms. The van der Waals surface area contributed by atoms with Crippen molar-refractivity contribution in [2.75, 3.05) is 27.2 Å². The van der Waals surface area contributed by atoms with Crippen molar-refractivity contribution in [3.05, 3.63) is 41.8 Å². The Morgan fingerprint density at radius 2 is 1.90 bits per heavy atom.